The highest BCUT2D eigenvalue weighted by Crippen LogP contribution is 2.21. The van der Waals surface area contributed by atoms with E-state index in [1.807, 2.05) is 0 Å². The lowest BCUT2D eigenvalue weighted by atomic mass is 9.89. The van der Waals surface area contributed by atoms with E-state index in [2.05, 4.69) is 59.0 Å². The molecule has 0 aromatic rings. The predicted molar refractivity (Wildman–Crippen MR) is 79.6 cm³/mol. The average Bonchev–Trinajstić information content (AvgIpc) is 2.21. The Morgan fingerprint density at radius 2 is 1.36 bits per heavy atom. The third-order valence-electron chi connectivity index (χ3n) is 2.45. The zero-order chi connectivity index (χ0) is 11.0. The number of Topliss-reactive ketones (excluding diaryl/α,β-unsaturated/α-hetero) is 1. The highest BCUT2D eigenvalue weighted by atomic mass is 127. The second kappa shape index (κ2) is 9.36. The van der Waals surface area contributed by atoms with Gasteiger partial charge < -0.3 is 0 Å². The fourth-order valence-corrected chi connectivity index (χ4v) is 3.37. The molecule has 3 heteroatoms. The van der Waals surface area contributed by atoms with Crippen LogP contribution < -0.4 is 0 Å². The maximum atomic E-state index is 12.1. The summed E-state index contributed by atoms with van der Waals surface area (Å²) in [7, 11) is 0. The van der Waals surface area contributed by atoms with Crippen LogP contribution in [0.4, 0.5) is 0 Å². The van der Waals surface area contributed by atoms with Gasteiger partial charge in [-0.15, -0.1) is 0 Å². The van der Waals surface area contributed by atoms with Gasteiger partial charge in [0.1, 0.15) is 5.78 Å². The Kier molecular flexibility index (Phi) is 10.1. The van der Waals surface area contributed by atoms with Gasteiger partial charge in [0.05, 0.1) is 0 Å². The Labute approximate surface area is 115 Å². The van der Waals surface area contributed by atoms with Crippen LogP contribution in [0.1, 0.15) is 39.5 Å². The minimum absolute atomic E-state index is 0.312. The molecule has 0 rings (SSSR count). The summed E-state index contributed by atoms with van der Waals surface area (Å²) in [6.45, 7) is 4.32. The van der Waals surface area contributed by atoms with Crippen molar-refractivity contribution >= 4 is 51.0 Å². The Bertz CT molecular complexity index is 143. The molecule has 0 spiro atoms. The van der Waals surface area contributed by atoms with E-state index in [0.717, 1.165) is 34.5 Å². The van der Waals surface area contributed by atoms with Crippen molar-refractivity contribution in [2.45, 2.75) is 39.5 Å². The summed E-state index contributed by atoms with van der Waals surface area (Å²) >= 11 is 4.69. The van der Waals surface area contributed by atoms with E-state index in [-0.39, 0.29) is 0 Å². The third-order valence-corrected chi connectivity index (χ3v) is 4.58. The van der Waals surface area contributed by atoms with Crippen molar-refractivity contribution in [2.24, 2.45) is 11.8 Å². The molecular formula is C11H20I2O. The normalized spacial score (nSPS) is 15.1. The van der Waals surface area contributed by atoms with E-state index >= 15 is 0 Å². The monoisotopic (exact) mass is 422 g/mol. The molecule has 0 aromatic carbocycles. The van der Waals surface area contributed by atoms with Gasteiger partial charge in [0, 0.05) is 20.7 Å². The van der Waals surface area contributed by atoms with Crippen LogP contribution in [0.3, 0.4) is 0 Å². The second-order valence-corrected chi connectivity index (χ2v) is 5.44. The number of halogens is 2. The summed E-state index contributed by atoms with van der Waals surface area (Å²) in [5.74, 6) is 1.14. The molecule has 0 bridgehead atoms. The van der Waals surface area contributed by atoms with Gasteiger partial charge >= 0.3 is 0 Å². The molecule has 14 heavy (non-hydrogen) atoms. The third kappa shape index (κ3) is 5.28. The van der Waals surface area contributed by atoms with Crippen molar-refractivity contribution < 1.29 is 4.79 Å². The van der Waals surface area contributed by atoms with Crippen molar-refractivity contribution in [3.8, 4) is 0 Å². The molecule has 0 aliphatic rings. The van der Waals surface area contributed by atoms with Crippen molar-refractivity contribution in [3.05, 3.63) is 0 Å². The van der Waals surface area contributed by atoms with Gasteiger partial charge in [0.2, 0.25) is 0 Å². The number of hydrogen-bond donors (Lipinski definition) is 0. The molecule has 0 saturated carbocycles. The van der Waals surface area contributed by atoms with Crippen molar-refractivity contribution in [1.29, 1.82) is 0 Å². The van der Waals surface area contributed by atoms with Crippen LogP contribution in [0, 0.1) is 11.8 Å². The van der Waals surface area contributed by atoms with E-state index < -0.39 is 0 Å². The van der Waals surface area contributed by atoms with Gasteiger partial charge in [-0.3, -0.25) is 4.79 Å². The van der Waals surface area contributed by atoms with Crippen molar-refractivity contribution in [2.75, 3.05) is 8.86 Å². The molecule has 0 N–H and O–H groups in total. The summed E-state index contributed by atoms with van der Waals surface area (Å²) in [6, 6.07) is 0. The van der Waals surface area contributed by atoms with Crippen LogP contribution in [0.2, 0.25) is 0 Å². The summed E-state index contributed by atoms with van der Waals surface area (Å²) in [5.41, 5.74) is 0. The first-order chi connectivity index (χ1) is 6.71. The second-order valence-electron chi connectivity index (χ2n) is 3.68. The van der Waals surface area contributed by atoms with Gasteiger partial charge in [-0.1, -0.05) is 71.9 Å². The molecule has 0 aromatic heterocycles. The summed E-state index contributed by atoms with van der Waals surface area (Å²) in [4.78, 5) is 12.1. The van der Waals surface area contributed by atoms with Crippen LogP contribution in [-0.4, -0.2) is 14.6 Å². The van der Waals surface area contributed by atoms with E-state index in [0.29, 0.717) is 17.6 Å². The molecule has 0 aliphatic heterocycles. The Morgan fingerprint density at radius 1 is 1.00 bits per heavy atom. The molecule has 84 valence electrons. The zero-order valence-electron chi connectivity index (χ0n) is 9.06. The molecule has 0 radical (unpaired) electrons. The van der Waals surface area contributed by atoms with Crippen LogP contribution in [0.25, 0.3) is 0 Å². The van der Waals surface area contributed by atoms with Crippen molar-refractivity contribution in [3.63, 3.8) is 0 Å². The van der Waals surface area contributed by atoms with E-state index in [1.54, 1.807) is 0 Å². The zero-order valence-corrected chi connectivity index (χ0v) is 13.4. The van der Waals surface area contributed by atoms with Crippen LogP contribution in [0.15, 0.2) is 0 Å². The van der Waals surface area contributed by atoms with Gasteiger partial charge in [0.25, 0.3) is 0 Å². The van der Waals surface area contributed by atoms with Crippen LogP contribution in [-0.2, 0) is 4.79 Å². The molecule has 0 heterocycles. The topological polar surface area (TPSA) is 17.1 Å². The van der Waals surface area contributed by atoms with Gasteiger partial charge in [-0.25, -0.2) is 0 Å². The maximum absolute atomic E-state index is 12.1. The summed E-state index contributed by atoms with van der Waals surface area (Å²) < 4.78 is 1.97. The fraction of sp³-hybridized carbons (Fsp3) is 0.909. The molecule has 2 atom stereocenters. The first kappa shape index (κ1) is 15.1. The van der Waals surface area contributed by atoms with Crippen LogP contribution >= 0.6 is 45.2 Å². The molecule has 2 unspecified atom stereocenters. The van der Waals surface area contributed by atoms with Gasteiger partial charge in [0.15, 0.2) is 0 Å². The predicted octanol–water partition coefficient (Wildman–Crippen LogP) is 4.26. The lowest BCUT2D eigenvalue weighted by Gasteiger charge is -2.18. The largest absolute Gasteiger partial charge is 0.299 e. The minimum Gasteiger partial charge on any atom is -0.299 e. The number of carbonyl (C=O) groups is 1. The maximum Gasteiger partial charge on any atom is 0.140 e. The van der Waals surface area contributed by atoms with Crippen molar-refractivity contribution in [1.82, 2.24) is 0 Å². The van der Waals surface area contributed by atoms with Crippen LogP contribution in [0.5, 0.6) is 0 Å². The number of ketones is 1. The lowest BCUT2D eigenvalue weighted by Crippen LogP contribution is -2.25. The summed E-state index contributed by atoms with van der Waals surface area (Å²) in [5, 5.41) is 0. The SMILES string of the molecule is CCCC(CI)C(=O)C(CI)CCC. The molecule has 0 fully saturated rings. The lowest BCUT2D eigenvalue weighted by molar-refractivity contribution is -0.125. The number of hydrogen-bond acceptors (Lipinski definition) is 1. The molecule has 0 saturated heterocycles. The average molecular weight is 422 g/mol. The smallest absolute Gasteiger partial charge is 0.140 e. The van der Waals surface area contributed by atoms with Gasteiger partial charge in [-0.2, -0.15) is 0 Å². The standard InChI is InChI=1S/C11H20I2O/c1-3-5-9(7-12)11(14)10(8-13)6-4-2/h9-10H,3-8H2,1-2H3. The molecule has 0 aliphatic carbocycles. The quantitative estimate of drug-likeness (QED) is 0.422. The summed E-state index contributed by atoms with van der Waals surface area (Å²) in [6.07, 6.45) is 4.39. The van der Waals surface area contributed by atoms with Gasteiger partial charge in [-0.05, 0) is 12.8 Å². The first-order valence-electron chi connectivity index (χ1n) is 5.36. The molecule has 1 nitrogen and oxygen atoms in total. The molecule has 0 amide bonds. The fourth-order valence-electron chi connectivity index (χ4n) is 1.62. The minimum atomic E-state index is 0.312. The number of alkyl halides is 2. The molecular weight excluding hydrogens is 402 g/mol. The Hall–Kier alpha value is 1.13. The highest BCUT2D eigenvalue weighted by molar-refractivity contribution is 14.1. The Balaban J connectivity index is 4.21. The van der Waals surface area contributed by atoms with E-state index in [1.165, 1.54) is 0 Å². The van der Waals surface area contributed by atoms with E-state index in [9.17, 15) is 4.79 Å². The number of rotatable bonds is 8. The first-order valence-corrected chi connectivity index (χ1v) is 8.41. The Morgan fingerprint density at radius 3 is 1.57 bits per heavy atom. The highest BCUT2D eigenvalue weighted by Gasteiger charge is 2.23. The van der Waals surface area contributed by atoms with E-state index in [4.69, 9.17) is 0 Å². The number of carbonyl (C=O) groups excluding carboxylic acids is 1.